The predicted octanol–water partition coefficient (Wildman–Crippen LogP) is 2.23. The molecule has 1 aromatic heterocycles. The zero-order valence-electron chi connectivity index (χ0n) is 9.72. The predicted molar refractivity (Wildman–Crippen MR) is 72.7 cm³/mol. The van der Waals surface area contributed by atoms with Gasteiger partial charge in [-0.25, -0.2) is 0 Å². The van der Waals surface area contributed by atoms with Gasteiger partial charge in [-0.05, 0) is 12.7 Å². The molecule has 16 heavy (non-hydrogen) atoms. The zero-order valence-corrected chi connectivity index (χ0v) is 11.3. The first-order valence-electron chi connectivity index (χ1n) is 5.07. The van der Waals surface area contributed by atoms with Crippen molar-refractivity contribution in [1.82, 2.24) is 5.32 Å². The number of hydrogen-bond acceptors (Lipinski definition) is 5. The SMILES string of the molecule is CCCNC(=O)c1sc(NC)c(SC)c1N. The molecular weight excluding hydrogens is 242 g/mol. The number of carbonyl (C=O) groups excluding carboxylic acids is 1. The number of thioether (sulfide) groups is 1. The summed E-state index contributed by atoms with van der Waals surface area (Å²) in [5, 5.41) is 6.84. The van der Waals surface area contributed by atoms with E-state index >= 15 is 0 Å². The van der Waals surface area contributed by atoms with Crippen molar-refractivity contribution in [3.63, 3.8) is 0 Å². The van der Waals surface area contributed by atoms with Crippen LogP contribution in [0, 0.1) is 0 Å². The summed E-state index contributed by atoms with van der Waals surface area (Å²) in [5.74, 6) is -0.0823. The number of amides is 1. The molecule has 0 aliphatic heterocycles. The molecule has 90 valence electrons. The summed E-state index contributed by atoms with van der Waals surface area (Å²) < 4.78 is 0. The molecule has 0 aliphatic carbocycles. The van der Waals surface area contributed by atoms with E-state index in [0.717, 1.165) is 16.3 Å². The first-order valence-corrected chi connectivity index (χ1v) is 7.12. The van der Waals surface area contributed by atoms with Crippen molar-refractivity contribution < 1.29 is 4.79 Å². The molecule has 0 spiro atoms. The van der Waals surface area contributed by atoms with Gasteiger partial charge in [0.15, 0.2) is 0 Å². The second kappa shape index (κ2) is 6.00. The minimum absolute atomic E-state index is 0.0823. The second-order valence-corrected chi connectivity index (χ2v) is 5.05. The fraction of sp³-hybridized carbons (Fsp3) is 0.500. The summed E-state index contributed by atoms with van der Waals surface area (Å²) in [4.78, 5) is 13.4. The molecule has 4 nitrogen and oxygen atoms in total. The molecule has 0 radical (unpaired) electrons. The van der Waals surface area contributed by atoms with Gasteiger partial charge in [-0.2, -0.15) is 0 Å². The maximum Gasteiger partial charge on any atom is 0.263 e. The van der Waals surface area contributed by atoms with Crippen molar-refractivity contribution in [3.8, 4) is 0 Å². The van der Waals surface area contributed by atoms with Crippen molar-refractivity contribution in [2.24, 2.45) is 0 Å². The van der Waals surface area contributed by atoms with E-state index in [0.29, 0.717) is 17.1 Å². The van der Waals surface area contributed by atoms with Crippen LogP contribution >= 0.6 is 23.1 Å². The Bertz CT molecular complexity index is 376. The number of nitrogen functional groups attached to an aromatic ring is 1. The number of nitrogens with one attached hydrogen (secondary N) is 2. The Kier molecular flexibility index (Phi) is 4.95. The van der Waals surface area contributed by atoms with Gasteiger partial charge < -0.3 is 16.4 Å². The van der Waals surface area contributed by atoms with Crippen LogP contribution in [0.3, 0.4) is 0 Å². The quantitative estimate of drug-likeness (QED) is 0.709. The third kappa shape index (κ3) is 2.62. The fourth-order valence-electron chi connectivity index (χ4n) is 1.28. The minimum atomic E-state index is -0.0823. The van der Waals surface area contributed by atoms with Crippen LogP contribution in [0.4, 0.5) is 10.7 Å². The summed E-state index contributed by atoms with van der Waals surface area (Å²) in [6.45, 7) is 2.70. The molecule has 0 fully saturated rings. The average molecular weight is 259 g/mol. The number of nitrogens with two attached hydrogens (primary N) is 1. The Labute approximate surface area is 104 Å². The average Bonchev–Trinajstić information content (AvgIpc) is 2.62. The lowest BCUT2D eigenvalue weighted by Crippen LogP contribution is -2.23. The Morgan fingerprint density at radius 1 is 1.56 bits per heavy atom. The van der Waals surface area contributed by atoms with Crippen LogP contribution in [0.1, 0.15) is 23.0 Å². The molecule has 0 saturated carbocycles. The summed E-state index contributed by atoms with van der Waals surface area (Å²) in [5.41, 5.74) is 6.53. The maximum atomic E-state index is 11.8. The van der Waals surface area contributed by atoms with Gasteiger partial charge in [0.25, 0.3) is 5.91 Å². The van der Waals surface area contributed by atoms with Gasteiger partial charge in [0.2, 0.25) is 0 Å². The lowest BCUT2D eigenvalue weighted by atomic mass is 10.3. The van der Waals surface area contributed by atoms with Crippen LogP contribution in [0.5, 0.6) is 0 Å². The highest BCUT2D eigenvalue weighted by molar-refractivity contribution is 7.99. The van der Waals surface area contributed by atoms with E-state index in [1.54, 1.807) is 11.8 Å². The molecule has 1 rings (SSSR count). The first-order chi connectivity index (χ1) is 7.65. The molecule has 0 aliphatic rings. The molecule has 1 amide bonds. The lowest BCUT2D eigenvalue weighted by molar-refractivity contribution is 0.0958. The van der Waals surface area contributed by atoms with Crippen molar-refractivity contribution in [1.29, 1.82) is 0 Å². The zero-order chi connectivity index (χ0) is 12.1. The molecule has 0 saturated heterocycles. The van der Waals surface area contributed by atoms with E-state index in [-0.39, 0.29) is 5.91 Å². The summed E-state index contributed by atoms with van der Waals surface area (Å²) in [6.07, 6.45) is 2.87. The number of thiophene rings is 1. The molecule has 0 bridgehead atoms. The van der Waals surface area contributed by atoms with Crippen molar-refractivity contribution in [2.75, 3.05) is 30.9 Å². The Morgan fingerprint density at radius 3 is 2.69 bits per heavy atom. The normalized spacial score (nSPS) is 10.2. The Morgan fingerprint density at radius 2 is 2.25 bits per heavy atom. The highest BCUT2D eigenvalue weighted by atomic mass is 32.2. The van der Waals surface area contributed by atoms with E-state index in [1.165, 1.54) is 11.3 Å². The molecule has 1 heterocycles. The topological polar surface area (TPSA) is 67.2 Å². The lowest BCUT2D eigenvalue weighted by Gasteiger charge is -2.02. The smallest absolute Gasteiger partial charge is 0.263 e. The van der Waals surface area contributed by atoms with Gasteiger partial charge in [-0.1, -0.05) is 6.92 Å². The van der Waals surface area contributed by atoms with Gasteiger partial charge in [-0.15, -0.1) is 23.1 Å². The third-order valence-corrected chi connectivity index (χ3v) is 4.26. The van der Waals surface area contributed by atoms with Gasteiger partial charge in [0.1, 0.15) is 9.88 Å². The van der Waals surface area contributed by atoms with Gasteiger partial charge in [0, 0.05) is 13.6 Å². The number of hydrogen-bond donors (Lipinski definition) is 3. The first kappa shape index (κ1) is 13.2. The third-order valence-electron chi connectivity index (χ3n) is 2.07. The molecule has 0 aromatic carbocycles. The van der Waals surface area contributed by atoms with Gasteiger partial charge >= 0.3 is 0 Å². The molecule has 4 N–H and O–H groups in total. The monoisotopic (exact) mass is 259 g/mol. The summed E-state index contributed by atoms with van der Waals surface area (Å²) in [6, 6.07) is 0. The second-order valence-electron chi connectivity index (χ2n) is 3.21. The van der Waals surface area contributed by atoms with E-state index in [9.17, 15) is 4.79 Å². The highest BCUT2D eigenvalue weighted by Crippen LogP contribution is 2.41. The van der Waals surface area contributed by atoms with Crippen molar-refractivity contribution in [3.05, 3.63) is 4.88 Å². The van der Waals surface area contributed by atoms with E-state index in [1.807, 2.05) is 20.2 Å². The van der Waals surface area contributed by atoms with E-state index in [4.69, 9.17) is 5.73 Å². The number of carbonyl (C=O) groups is 1. The summed E-state index contributed by atoms with van der Waals surface area (Å²) >= 11 is 2.95. The van der Waals surface area contributed by atoms with E-state index in [2.05, 4.69) is 10.6 Å². The molecule has 1 aromatic rings. The van der Waals surface area contributed by atoms with Gasteiger partial charge in [-0.3, -0.25) is 4.79 Å². The molecule has 6 heteroatoms. The Balaban J connectivity index is 2.96. The van der Waals surface area contributed by atoms with E-state index < -0.39 is 0 Å². The van der Waals surface area contributed by atoms with Crippen molar-refractivity contribution in [2.45, 2.75) is 18.2 Å². The Hall–Kier alpha value is -0.880. The largest absolute Gasteiger partial charge is 0.396 e. The molecule has 0 atom stereocenters. The van der Waals surface area contributed by atoms with Crippen LogP contribution in [0.2, 0.25) is 0 Å². The number of rotatable bonds is 5. The standard InChI is InChI=1S/C10H17N3OS2/c1-4-5-13-9(14)7-6(11)8(15-3)10(12-2)16-7/h12H,4-5,11H2,1-3H3,(H,13,14). The van der Waals surface area contributed by atoms with Crippen LogP contribution in [0.25, 0.3) is 0 Å². The van der Waals surface area contributed by atoms with Crippen LogP contribution in [-0.2, 0) is 0 Å². The minimum Gasteiger partial charge on any atom is -0.396 e. The fourth-order valence-corrected chi connectivity index (χ4v) is 3.22. The summed E-state index contributed by atoms with van der Waals surface area (Å²) in [7, 11) is 1.83. The maximum absolute atomic E-state index is 11.8. The highest BCUT2D eigenvalue weighted by Gasteiger charge is 2.19. The molecular formula is C10H17N3OS2. The van der Waals surface area contributed by atoms with Crippen LogP contribution in [0.15, 0.2) is 4.90 Å². The van der Waals surface area contributed by atoms with Crippen LogP contribution in [-0.4, -0.2) is 25.8 Å². The number of anilines is 2. The van der Waals surface area contributed by atoms with Crippen LogP contribution < -0.4 is 16.4 Å². The molecule has 0 unspecified atom stereocenters. The van der Waals surface area contributed by atoms with Gasteiger partial charge in [0.05, 0.1) is 10.6 Å². The van der Waals surface area contributed by atoms with Crippen molar-refractivity contribution >= 4 is 39.7 Å².